The van der Waals surface area contributed by atoms with E-state index in [0.29, 0.717) is 45.2 Å². The van der Waals surface area contributed by atoms with E-state index in [1.165, 1.54) is 15.2 Å². The molecule has 5 aromatic rings. The third-order valence-electron chi connectivity index (χ3n) is 9.18. The van der Waals surface area contributed by atoms with Gasteiger partial charge in [-0.3, -0.25) is 19.1 Å². The third kappa shape index (κ3) is 5.87. The van der Waals surface area contributed by atoms with Crippen LogP contribution in [0.2, 0.25) is 0 Å². The molecule has 3 aromatic heterocycles. The predicted octanol–water partition coefficient (Wildman–Crippen LogP) is 4.75. The van der Waals surface area contributed by atoms with E-state index in [4.69, 9.17) is 0 Å². The number of aromatic nitrogens is 3. The first-order valence-corrected chi connectivity index (χ1v) is 15.7. The van der Waals surface area contributed by atoms with Gasteiger partial charge in [0.05, 0.1) is 17.7 Å². The highest BCUT2D eigenvalue weighted by Crippen LogP contribution is 2.41. The number of anilines is 2. The minimum atomic E-state index is -0.532. The minimum absolute atomic E-state index is 0.0249. The van der Waals surface area contributed by atoms with Gasteiger partial charge in [-0.25, -0.2) is 9.37 Å². The van der Waals surface area contributed by atoms with Crippen LogP contribution in [0.15, 0.2) is 82.8 Å². The summed E-state index contributed by atoms with van der Waals surface area (Å²) in [4.78, 5) is 36.1. The Kier molecular flexibility index (Phi) is 8.02. The first-order chi connectivity index (χ1) is 22.3. The lowest BCUT2D eigenvalue weighted by Gasteiger charge is -2.32. The van der Waals surface area contributed by atoms with Crippen molar-refractivity contribution < 1.29 is 9.50 Å². The number of likely N-dealkylation sites (N-methyl/N-ethyl adjacent to an activating group) is 1. The van der Waals surface area contributed by atoms with Crippen molar-refractivity contribution >= 4 is 22.3 Å². The third-order valence-corrected chi connectivity index (χ3v) is 9.18. The molecule has 1 aliphatic heterocycles. The summed E-state index contributed by atoms with van der Waals surface area (Å²) in [5, 5.41) is 14.3. The van der Waals surface area contributed by atoms with Crippen molar-refractivity contribution in [1.29, 1.82) is 0 Å². The maximum Gasteiger partial charge on any atom is 0.274 e. The SMILES string of the molecule is CN1CCN(Cc2ccc(Nc3cc(-c4cccc(-n5ccc6cc(C7CC7)cc(F)c6c5=O)c4CO)cn(C)c3=O)nc2)CC1. The molecule has 46 heavy (non-hydrogen) atoms. The van der Waals surface area contributed by atoms with Crippen molar-refractivity contribution in [2.45, 2.75) is 31.9 Å². The van der Waals surface area contributed by atoms with E-state index in [0.717, 1.165) is 56.7 Å². The van der Waals surface area contributed by atoms with Crippen molar-refractivity contribution in [3.8, 4) is 16.8 Å². The molecule has 9 nitrogen and oxygen atoms in total. The number of aliphatic hydroxyl groups excluding tert-OH is 1. The van der Waals surface area contributed by atoms with Gasteiger partial charge in [0.15, 0.2) is 0 Å². The van der Waals surface area contributed by atoms with E-state index < -0.39 is 11.4 Å². The van der Waals surface area contributed by atoms with E-state index in [9.17, 15) is 14.7 Å². The fourth-order valence-electron chi connectivity index (χ4n) is 6.37. The highest BCUT2D eigenvalue weighted by atomic mass is 19.1. The number of piperazine rings is 1. The molecule has 2 fully saturated rings. The predicted molar refractivity (Wildman–Crippen MR) is 178 cm³/mol. The van der Waals surface area contributed by atoms with Crippen LogP contribution in [0.25, 0.3) is 27.6 Å². The molecular weight excluding hydrogens is 583 g/mol. The zero-order valence-electron chi connectivity index (χ0n) is 26.0. The van der Waals surface area contributed by atoms with E-state index in [2.05, 4.69) is 27.1 Å². The highest BCUT2D eigenvalue weighted by molar-refractivity contribution is 5.84. The number of hydrogen-bond acceptors (Lipinski definition) is 7. The Morgan fingerprint density at radius 1 is 0.978 bits per heavy atom. The van der Waals surface area contributed by atoms with Crippen LogP contribution in [0.4, 0.5) is 15.9 Å². The number of hydrogen-bond donors (Lipinski definition) is 2. The summed E-state index contributed by atoms with van der Waals surface area (Å²) < 4.78 is 18.1. The molecule has 0 bridgehead atoms. The zero-order chi connectivity index (χ0) is 31.9. The van der Waals surface area contributed by atoms with Gasteiger partial charge in [0.1, 0.15) is 17.3 Å². The molecule has 2 N–H and O–H groups in total. The quantitative estimate of drug-likeness (QED) is 0.259. The molecule has 1 saturated carbocycles. The van der Waals surface area contributed by atoms with Crippen LogP contribution in [0.5, 0.6) is 0 Å². The average molecular weight is 621 g/mol. The number of benzene rings is 2. The molecule has 1 aliphatic carbocycles. The highest BCUT2D eigenvalue weighted by Gasteiger charge is 2.25. The average Bonchev–Trinajstić information content (AvgIpc) is 3.91. The maximum atomic E-state index is 15.3. The lowest BCUT2D eigenvalue weighted by molar-refractivity contribution is 0.148. The molecule has 7 rings (SSSR count). The molecule has 0 amide bonds. The molecule has 4 heterocycles. The normalized spacial score (nSPS) is 15.8. The summed E-state index contributed by atoms with van der Waals surface area (Å²) in [5.74, 6) is 0.375. The van der Waals surface area contributed by atoms with Crippen LogP contribution < -0.4 is 16.4 Å². The molecule has 1 saturated heterocycles. The summed E-state index contributed by atoms with van der Waals surface area (Å²) in [6, 6.07) is 16.1. The van der Waals surface area contributed by atoms with Crippen molar-refractivity contribution in [3.05, 3.63) is 116 Å². The van der Waals surface area contributed by atoms with Crippen molar-refractivity contribution in [3.63, 3.8) is 0 Å². The summed E-state index contributed by atoms with van der Waals surface area (Å²) in [6.07, 6.45) is 7.24. The van der Waals surface area contributed by atoms with Gasteiger partial charge in [-0.2, -0.15) is 0 Å². The van der Waals surface area contributed by atoms with Crippen LogP contribution in [0.1, 0.15) is 35.4 Å². The minimum Gasteiger partial charge on any atom is -0.392 e. The van der Waals surface area contributed by atoms with Gasteiger partial charge >= 0.3 is 0 Å². The van der Waals surface area contributed by atoms with Crippen LogP contribution in [-0.2, 0) is 20.2 Å². The summed E-state index contributed by atoms with van der Waals surface area (Å²) in [5.41, 5.74) is 3.86. The Morgan fingerprint density at radius 3 is 2.50 bits per heavy atom. The summed E-state index contributed by atoms with van der Waals surface area (Å²) in [7, 11) is 3.80. The van der Waals surface area contributed by atoms with Gasteiger partial charge in [0.2, 0.25) is 0 Å². The molecular formula is C36H37FN6O3. The monoisotopic (exact) mass is 620 g/mol. The Hall–Kier alpha value is -4.64. The van der Waals surface area contributed by atoms with E-state index >= 15 is 4.39 Å². The van der Waals surface area contributed by atoms with E-state index in [1.54, 1.807) is 43.7 Å². The lowest BCUT2D eigenvalue weighted by Crippen LogP contribution is -2.43. The molecule has 0 unspecified atom stereocenters. The number of pyridine rings is 3. The smallest absolute Gasteiger partial charge is 0.274 e. The van der Waals surface area contributed by atoms with Gasteiger partial charge < -0.3 is 19.9 Å². The second-order valence-electron chi connectivity index (χ2n) is 12.5. The summed E-state index contributed by atoms with van der Waals surface area (Å²) in [6.45, 7) is 4.58. The van der Waals surface area contributed by atoms with E-state index in [-0.39, 0.29) is 17.6 Å². The standard InChI is InChI=1S/C36H37FN6O3/c1-40-12-14-42(15-13-40)20-23-6-9-33(38-19-23)39-31-18-27(21-41(2)35(31)45)28-4-3-5-32(29(28)22-44)43-11-10-25-16-26(24-7-8-24)17-30(37)34(25)36(43)46/h3-6,9-11,16-19,21,24,44H,7-8,12-15,20,22H2,1-2H3,(H,38,39). The van der Waals surface area contributed by atoms with E-state index in [1.807, 2.05) is 30.5 Å². The molecule has 0 atom stereocenters. The molecule has 236 valence electrons. The number of nitrogens with zero attached hydrogens (tertiary/aromatic N) is 5. The number of aryl methyl sites for hydroxylation is 1. The first kappa shape index (κ1) is 30.0. The molecule has 2 aromatic carbocycles. The van der Waals surface area contributed by atoms with Gasteiger partial charge in [-0.05, 0) is 78.2 Å². The lowest BCUT2D eigenvalue weighted by atomic mass is 9.98. The van der Waals surface area contributed by atoms with Crippen LogP contribution >= 0.6 is 0 Å². The fourth-order valence-corrected chi connectivity index (χ4v) is 6.37. The number of nitrogens with one attached hydrogen (secondary N) is 1. The number of fused-ring (bicyclic) bond motifs is 1. The zero-order valence-corrected chi connectivity index (χ0v) is 26.0. The van der Waals surface area contributed by atoms with Crippen molar-refractivity contribution in [1.82, 2.24) is 23.9 Å². The number of halogens is 1. The van der Waals surface area contributed by atoms with Crippen molar-refractivity contribution in [2.24, 2.45) is 7.05 Å². The molecule has 0 spiro atoms. The van der Waals surface area contributed by atoms with Crippen LogP contribution in [-0.4, -0.2) is 62.3 Å². The number of aliphatic hydroxyl groups is 1. The Morgan fingerprint density at radius 2 is 1.78 bits per heavy atom. The Bertz CT molecular complexity index is 2040. The molecule has 0 radical (unpaired) electrons. The second kappa shape index (κ2) is 12.3. The van der Waals surface area contributed by atoms with Gasteiger partial charge in [0.25, 0.3) is 11.1 Å². The largest absolute Gasteiger partial charge is 0.392 e. The Labute approximate surface area is 266 Å². The second-order valence-corrected chi connectivity index (χ2v) is 12.5. The van der Waals surface area contributed by atoms with Gasteiger partial charge in [-0.1, -0.05) is 24.3 Å². The molecule has 10 heteroatoms. The van der Waals surface area contributed by atoms with Gasteiger partial charge in [0, 0.05) is 69.5 Å². The van der Waals surface area contributed by atoms with Crippen LogP contribution in [0, 0.1) is 5.82 Å². The summed E-state index contributed by atoms with van der Waals surface area (Å²) >= 11 is 0. The maximum absolute atomic E-state index is 15.3. The van der Waals surface area contributed by atoms with Crippen molar-refractivity contribution in [2.75, 3.05) is 38.5 Å². The Balaban J connectivity index is 1.20. The van der Waals surface area contributed by atoms with Crippen LogP contribution in [0.3, 0.4) is 0 Å². The van der Waals surface area contributed by atoms with Gasteiger partial charge in [-0.15, -0.1) is 0 Å². The topological polar surface area (TPSA) is 95.6 Å². The first-order valence-electron chi connectivity index (χ1n) is 15.7. The fraction of sp³-hybridized carbons (Fsp3) is 0.306. The number of rotatable bonds is 8. The molecule has 2 aliphatic rings.